The van der Waals surface area contributed by atoms with Gasteiger partial charge in [-0.25, -0.2) is 4.39 Å². The Kier molecular flexibility index (Phi) is 5.13. The summed E-state index contributed by atoms with van der Waals surface area (Å²) in [6.45, 7) is 6.98. The summed E-state index contributed by atoms with van der Waals surface area (Å²) in [6.07, 6.45) is 0. The summed E-state index contributed by atoms with van der Waals surface area (Å²) in [6, 6.07) is 4.29. The molecule has 1 fully saturated rings. The van der Waals surface area contributed by atoms with Gasteiger partial charge in [0.25, 0.3) is 0 Å². The number of aromatic hydroxyl groups is 1. The Morgan fingerprint density at radius 1 is 1.42 bits per heavy atom. The van der Waals surface area contributed by atoms with Crippen molar-refractivity contribution in [2.75, 3.05) is 32.8 Å². The Hall–Kier alpha value is -1.17. The van der Waals surface area contributed by atoms with E-state index >= 15 is 0 Å². The fourth-order valence-corrected chi connectivity index (χ4v) is 2.22. The summed E-state index contributed by atoms with van der Waals surface area (Å²) < 4.78 is 18.4. The van der Waals surface area contributed by atoms with Gasteiger partial charge in [0.05, 0.1) is 13.2 Å². The van der Waals surface area contributed by atoms with E-state index in [4.69, 9.17) is 4.74 Å². The molecule has 0 spiro atoms. The van der Waals surface area contributed by atoms with E-state index in [1.54, 1.807) is 0 Å². The molecule has 106 valence electrons. The van der Waals surface area contributed by atoms with E-state index in [0.29, 0.717) is 12.1 Å². The number of rotatable bonds is 5. The van der Waals surface area contributed by atoms with Gasteiger partial charge in [-0.2, -0.15) is 0 Å². The molecule has 0 bridgehead atoms. The van der Waals surface area contributed by atoms with Crippen molar-refractivity contribution in [1.29, 1.82) is 0 Å². The maximum atomic E-state index is 13.1. The SMILES string of the molecule is CC(CN1CCOCC1)NCc1cc(F)ccc1O. The average Bonchev–Trinajstić information content (AvgIpc) is 2.41. The van der Waals surface area contributed by atoms with Gasteiger partial charge in [0.15, 0.2) is 0 Å². The molecule has 1 saturated heterocycles. The smallest absolute Gasteiger partial charge is 0.123 e. The maximum absolute atomic E-state index is 13.1. The van der Waals surface area contributed by atoms with Crippen LogP contribution in [0.1, 0.15) is 12.5 Å². The van der Waals surface area contributed by atoms with Crippen molar-refractivity contribution in [2.45, 2.75) is 19.5 Å². The second kappa shape index (κ2) is 6.84. The van der Waals surface area contributed by atoms with Crippen molar-refractivity contribution in [2.24, 2.45) is 0 Å². The van der Waals surface area contributed by atoms with Gasteiger partial charge >= 0.3 is 0 Å². The number of phenolic OH excluding ortho intramolecular Hbond substituents is 1. The molecule has 1 aliphatic heterocycles. The van der Waals surface area contributed by atoms with Crippen LogP contribution in [0.5, 0.6) is 5.75 Å². The zero-order valence-electron chi connectivity index (χ0n) is 11.2. The normalized spacial score (nSPS) is 18.4. The largest absolute Gasteiger partial charge is 0.508 e. The summed E-state index contributed by atoms with van der Waals surface area (Å²) in [7, 11) is 0. The van der Waals surface area contributed by atoms with Crippen LogP contribution in [0.4, 0.5) is 4.39 Å². The van der Waals surface area contributed by atoms with Crippen molar-refractivity contribution in [3.8, 4) is 5.75 Å². The maximum Gasteiger partial charge on any atom is 0.123 e. The highest BCUT2D eigenvalue weighted by Crippen LogP contribution is 2.17. The number of phenols is 1. The summed E-state index contributed by atoms with van der Waals surface area (Å²) in [5.41, 5.74) is 0.592. The Bertz CT molecular complexity index is 408. The number of benzene rings is 1. The van der Waals surface area contributed by atoms with Crippen LogP contribution in [-0.2, 0) is 11.3 Å². The van der Waals surface area contributed by atoms with Crippen molar-refractivity contribution in [3.05, 3.63) is 29.6 Å². The molecule has 1 aromatic carbocycles. The Balaban J connectivity index is 1.79. The standard InChI is InChI=1S/C14H21FN2O2/c1-11(10-17-4-6-19-7-5-17)16-9-12-8-13(15)2-3-14(12)18/h2-3,8,11,16,18H,4-7,9-10H2,1H3. The lowest BCUT2D eigenvalue weighted by Gasteiger charge is -2.29. The lowest BCUT2D eigenvalue weighted by atomic mass is 10.2. The van der Waals surface area contributed by atoms with Crippen LogP contribution >= 0.6 is 0 Å². The molecule has 1 atom stereocenters. The molecule has 1 aromatic rings. The van der Waals surface area contributed by atoms with Gasteiger partial charge in [0.2, 0.25) is 0 Å². The van der Waals surface area contributed by atoms with E-state index in [1.807, 2.05) is 0 Å². The lowest BCUT2D eigenvalue weighted by Crippen LogP contribution is -2.44. The average molecular weight is 268 g/mol. The number of nitrogens with one attached hydrogen (secondary N) is 1. The van der Waals surface area contributed by atoms with Gasteiger partial charge in [-0.15, -0.1) is 0 Å². The summed E-state index contributed by atoms with van der Waals surface area (Å²) >= 11 is 0. The van der Waals surface area contributed by atoms with Crippen molar-refractivity contribution in [1.82, 2.24) is 10.2 Å². The molecule has 0 radical (unpaired) electrons. The number of ether oxygens (including phenoxy) is 1. The number of halogens is 1. The first-order valence-electron chi connectivity index (χ1n) is 6.66. The van der Waals surface area contributed by atoms with Crippen LogP contribution in [0.2, 0.25) is 0 Å². The van der Waals surface area contributed by atoms with E-state index in [9.17, 15) is 9.50 Å². The molecule has 19 heavy (non-hydrogen) atoms. The molecular formula is C14H21FN2O2. The molecule has 5 heteroatoms. The zero-order valence-corrected chi connectivity index (χ0v) is 11.2. The Morgan fingerprint density at radius 3 is 2.89 bits per heavy atom. The number of morpholine rings is 1. The predicted octanol–water partition coefficient (Wildman–Crippen LogP) is 1.34. The van der Waals surface area contributed by atoms with E-state index in [1.165, 1.54) is 18.2 Å². The molecule has 0 amide bonds. The summed E-state index contributed by atoms with van der Waals surface area (Å²) in [4.78, 5) is 2.34. The van der Waals surface area contributed by atoms with Gasteiger partial charge in [-0.1, -0.05) is 0 Å². The van der Waals surface area contributed by atoms with Crippen LogP contribution in [0.15, 0.2) is 18.2 Å². The van der Waals surface area contributed by atoms with Crippen LogP contribution in [-0.4, -0.2) is 48.9 Å². The van der Waals surface area contributed by atoms with Crippen LogP contribution in [0.3, 0.4) is 0 Å². The molecule has 0 aliphatic carbocycles. The minimum atomic E-state index is -0.324. The van der Waals surface area contributed by atoms with Crippen LogP contribution in [0.25, 0.3) is 0 Å². The third kappa shape index (κ3) is 4.45. The third-order valence-corrected chi connectivity index (χ3v) is 3.32. The van der Waals surface area contributed by atoms with Gasteiger partial charge in [-0.05, 0) is 25.1 Å². The first-order chi connectivity index (χ1) is 9.15. The van der Waals surface area contributed by atoms with Gasteiger partial charge in [0.1, 0.15) is 11.6 Å². The molecule has 4 nitrogen and oxygen atoms in total. The number of hydrogen-bond acceptors (Lipinski definition) is 4. The van der Waals surface area contributed by atoms with E-state index in [-0.39, 0.29) is 17.6 Å². The molecule has 1 aliphatic rings. The number of hydrogen-bond donors (Lipinski definition) is 2. The molecule has 2 rings (SSSR count). The molecule has 0 saturated carbocycles. The fourth-order valence-electron chi connectivity index (χ4n) is 2.22. The van der Waals surface area contributed by atoms with E-state index in [2.05, 4.69) is 17.1 Å². The highest BCUT2D eigenvalue weighted by molar-refractivity contribution is 5.32. The predicted molar refractivity (Wildman–Crippen MR) is 71.6 cm³/mol. The van der Waals surface area contributed by atoms with Crippen molar-refractivity contribution < 1.29 is 14.2 Å². The molecular weight excluding hydrogens is 247 g/mol. The third-order valence-electron chi connectivity index (χ3n) is 3.32. The molecule has 0 aromatic heterocycles. The number of nitrogens with zero attached hydrogens (tertiary/aromatic N) is 1. The minimum Gasteiger partial charge on any atom is -0.508 e. The van der Waals surface area contributed by atoms with Crippen molar-refractivity contribution >= 4 is 0 Å². The summed E-state index contributed by atoms with van der Waals surface area (Å²) in [5, 5.41) is 12.9. The quantitative estimate of drug-likeness (QED) is 0.846. The Morgan fingerprint density at radius 2 is 2.16 bits per heavy atom. The fraction of sp³-hybridized carbons (Fsp3) is 0.571. The topological polar surface area (TPSA) is 44.7 Å². The molecule has 1 heterocycles. The zero-order chi connectivity index (χ0) is 13.7. The second-order valence-electron chi connectivity index (χ2n) is 4.97. The summed E-state index contributed by atoms with van der Waals surface area (Å²) in [5.74, 6) is -0.192. The minimum absolute atomic E-state index is 0.132. The molecule has 1 unspecified atom stereocenters. The van der Waals surface area contributed by atoms with Gasteiger partial charge in [-0.3, -0.25) is 4.90 Å². The first-order valence-corrected chi connectivity index (χ1v) is 6.66. The van der Waals surface area contributed by atoms with Gasteiger partial charge in [0, 0.05) is 37.8 Å². The van der Waals surface area contributed by atoms with E-state index < -0.39 is 0 Å². The van der Waals surface area contributed by atoms with E-state index in [0.717, 1.165) is 32.8 Å². The first kappa shape index (κ1) is 14.2. The second-order valence-corrected chi connectivity index (χ2v) is 4.97. The van der Waals surface area contributed by atoms with Crippen LogP contribution in [0, 0.1) is 5.82 Å². The lowest BCUT2D eigenvalue weighted by molar-refractivity contribution is 0.0343. The monoisotopic (exact) mass is 268 g/mol. The van der Waals surface area contributed by atoms with Crippen LogP contribution < -0.4 is 5.32 Å². The highest BCUT2D eigenvalue weighted by Gasteiger charge is 2.13. The Labute approximate surface area is 113 Å². The highest BCUT2D eigenvalue weighted by atomic mass is 19.1. The van der Waals surface area contributed by atoms with Gasteiger partial charge < -0.3 is 15.2 Å². The van der Waals surface area contributed by atoms with Crippen molar-refractivity contribution in [3.63, 3.8) is 0 Å². The molecule has 2 N–H and O–H groups in total.